The second-order valence-electron chi connectivity index (χ2n) is 6.87. The number of aryl methyl sites for hydroxylation is 1. The number of pyridine rings is 1. The third-order valence-corrected chi connectivity index (χ3v) is 7.00. The molecule has 0 aliphatic carbocycles. The molecule has 1 aliphatic heterocycles. The SMILES string of the molecule is CCOC(=O)CCc1cccc(-c2cc(Cl)c(S(=O)(=O)N[C@@H](C)[C@H]3CO3)c(Cl)c2)n1. The average Bonchev–Trinajstić information content (AvgIpc) is 3.51. The molecule has 2 atom stereocenters. The molecule has 1 saturated heterocycles. The van der Waals surface area contributed by atoms with Crippen molar-refractivity contribution in [1.29, 1.82) is 0 Å². The van der Waals surface area contributed by atoms with Crippen molar-refractivity contribution in [3.8, 4) is 11.3 Å². The van der Waals surface area contributed by atoms with Crippen LogP contribution in [0, 0.1) is 0 Å². The molecule has 2 heterocycles. The summed E-state index contributed by atoms with van der Waals surface area (Å²) in [5.74, 6) is -0.288. The van der Waals surface area contributed by atoms with Crippen LogP contribution in [0.2, 0.25) is 10.0 Å². The first-order valence-corrected chi connectivity index (χ1v) is 11.7. The maximum atomic E-state index is 12.7. The van der Waals surface area contributed by atoms with Gasteiger partial charge in [-0.3, -0.25) is 9.78 Å². The molecule has 1 aliphatic rings. The van der Waals surface area contributed by atoms with Crippen LogP contribution in [-0.2, 0) is 30.7 Å². The second kappa shape index (κ2) is 9.62. The molecule has 0 radical (unpaired) electrons. The molecule has 0 unspecified atom stereocenters. The highest BCUT2D eigenvalue weighted by Gasteiger charge is 2.34. The number of sulfonamides is 1. The van der Waals surface area contributed by atoms with Crippen molar-refractivity contribution < 1.29 is 22.7 Å². The van der Waals surface area contributed by atoms with Gasteiger partial charge in [0.1, 0.15) is 4.90 Å². The summed E-state index contributed by atoms with van der Waals surface area (Å²) < 4.78 is 38.0. The highest BCUT2D eigenvalue weighted by atomic mass is 35.5. The third-order valence-electron chi connectivity index (χ3n) is 4.52. The Morgan fingerprint density at radius 3 is 2.60 bits per heavy atom. The number of halogens is 2. The Balaban J connectivity index is 1.83. The van der Waals surface area contributed by atoms with Crippen molar-refractivity contribution in [1.82, 2.24) is 9.71 Å². The fourth-order valence-electron chi connectivity index (χ4n) is 2.93. The highest BCUT2D eigenvalue weighted by Crippen LogP contribution is 2.34. The highest BCUT2D eigenvalue weighted by molar-refractivity contribution is 7.89. The van der Waals surface area contributed by atoms with Gasteiger partial charge in [-0.1, -0.05) is 29.3 Å². The monoisotopic (exact) mass is 472 g/mol. The zero-order valence-electron chi connectivity index (χ0n) is 16.5. The average molecular weight is 473 g/mol. The van der Waals surface area contributed by atoms with E-state index >= 15 is 0 Å². The van der Waals surface area contributed by atoms with E-state index in [4.69, 9.17) is 32.7 Å². The molecule has 1 aromatic heterocycles. The minimum absolute atomic E-state index is 0.00681. The smallest absolute Gasteiger partial charge is 0.306 e. The molecule has 0 bridgehead atoms. The Morgan fingerprint density at radius 1 is 1.33 bits per heavy atom. The lowest BCUT2D eigenvalue weighted by Gasteiger charge is -2.15. The predicted molar refractivity (Wildman–Crippen MR) is 114 cm³/mol. The third kappa shape index (κ3) is 5.70. The minimum atomic E-state index is -3.92. The van der Waals surface area contributed by atoms with Crippen molar-refractivity contribution in [3.63, 3.8) is 0 Å². The van der Waals surface area contributed by atoms with Gasteiger partial charge in [0.2, 0.25) is 10.0 Å². The molecular formula is C20H22Cl2N2O5S. The van der Waals surface area contributed by atoms with Gasteiger partial charge in [0.15, 0.2) is 0 Å². The van der Waals surface area contributed by atoms with Gasteiger partial charge in [0, 0.05) is 23.7 Å². The van der Waals surface area contributed by atoms with Gasteiger partial charge in [-0.15, -0.1) is 0 Å². The first kappa shape index (κ1) is 23.0. The normalized spacial score (nSPS) is 16.9. The summed E-state index contributed by atoms with van der Waals surface area (Å²) in [6.45, 7) is 4.32. The van der Waals surface area contributed by atoms with Crippen LogP contribution in [-0.4, -0.2) is 44.7 Å². The van der Waals surface area contributed by atoms with E-state index < -0.39 is 10.0 Å². The summed E-state index contributed by atoms with van der Waals surface area (Å²) in [6, 6.07) is 7.99. The summed E-state index contributed by atoms with van der Waals surface area (Å²) in [5, 5.41) is -0.0136. The van der Waals surface area contributed by atoms with Gasteiger partial charge in [-0.2, -0.15) is 0 Å². The predicted octanol–water partition coefficient (Wildman–Crippen LogP) is 3.62. The quantitative estimate of drug-likeness (QED) is 0.442. The van der Waals surface area contributed by atoms with Gasteiger partial charge in [-0.25, -0.2) is 13.1 Å². The van der Waals surface area contributed by atoms with Crippen molar-refractivity contribution in [2.24, 2.45) is 0 Å². The summed E-state index contributed by atoms with van der Waals surface area (Å²) in [4.78, 5) is 15.9. The number of nitrogens with one attached hydrogen (secondary N) is 1. The van der Waals surface area contributed by atoms with E-state index in [-0.39, 0.29) is 39.5 Å². The molecule has 162 valence electrons. The van der Waals surface area contributed by atoms with E-state index in [2.05, 4.69) is 9.71 Å². The molecule has 0 spiro atoms. The lowest BCUT2D eigenvalue weighted by atomic mass is 10.1. The summed E-state index contributed by atoms with van der Waals surface area (Å²) in [5.41, 5.74) is 1.83. The number of carbonyl (C=O) groups is 1. The standard InChI is InChI=1S/C20H22Cl2N2O5S/c1-3-28-19(25)8-7-14-5-4-6-17(23-14)13-9-15(21)20(16(22)10-13)30(26,27)24-12(2)18-11-29-18/h4-6,9-10,12,18,24H,3,7-8,11H2,1-2H3/t12-,18+/m0/s1. The molecule has 2 aromatic rings. The van der Waals surface area contributed by atoms with Crippen LogP contribution in [0.5, 0.6) is 0 Å². The number of hydrogen-bond donors (Lipinski definition) is 1. The van der Waals surface area contributed by atoms with E-state index in [1.807, 2.05) is 0 Å². The van der Waals surface area contributed by atoms with Crippen LogP contribution < -0.4 is 4.72 Å². The van der Waals surface area contributed by atoms with Gasteiger partial charge < -0.3 is 9.47 Å². The Bertz CT molecular complexity index is 1020. The summed E-state index contributed by atoms with van der Waals surface area (Å²) in [6.07, 6.45) is 0.501. The molecule has 1 N–H and O–H groups in total. The maximum absolute atomic E-state index is 12.7. The van der Waals surface area contributed by atoms with Crippen molar-refractivity contribution in [2.45, 2.75) is 43.7 Å². The fourth-order valence-corrected chi connectivity index (χ4v) is 5.42. The molecule has 30 heavy (non-hydrogen) atoms. The zero-order valence-corrected chi connectivity index (χ0v) is 18.9. The Morgan fingerprint density at radius 2 is 2.00 bits per heavy atom. The zero-order chi connectivity index (χ0) is 21.9. The molecule has 1 aromatic carbocycles. The van der Waals surface area contributed by atoms with Crippen LogP contribution in [0.15, 0.2) is 35.2 Å². The Kier molecular flexibility index (Phi) is 7.36. The van der Waals surface area contributed by atoms with Crippen LogP contribution in [0.4, 0.5) is 0 Å². The fraction of sp³-hybridized carbons (Fsp3) is 0.400. The van der Waals surface area contributed by atoms with Crippen molar-refractivity contribution in [3.05, 3.63) is 46.1 Å². The van der Waals surface area contributed by atoms with Crippen LogP contribution >= 0.6 is 23.2 Å². The second-order valence-corrected chi connectivity index (χ2v) is 9.34. The number of carbonyl (C=O) groups excluding carboxylic acids is 1. The first-order valence-electron chi connectivity index (χ1n) is 9.46. The number of esters is 1. The van der Waals surface area contributed by atoms with Gasteiger partial charge >= 0.3 is 5.97 Å². The van der Waals surface area contributed by atoms with E-state index in [0.29, 0.717) is 36.6 Å². The largest absolute Gasteiger partial charge is 0.466 e. The number of benzene rings is 1. The minimum Gasteiger partial charge on any atom is -0.466 e. The maximum Gasteiger partial charge on any atom is 0.306 e. The van der Waals surface area contributed by atoms with Crippen molar-refractivity contribution in [2.75, 3.05) is 13.2 Å². The lowest BCUT2D eigenvalue weighted by Crippen LogP contribution is -2.36. The summed E-state index contributed by atoms with van der Waals surface area (Å²) in [7, 11) is -3.92. The van der Waals surface area contributed by atoms with Crippen LogP contribution in [0.1, 0.15) is 26.0 Å². The number of ether oxygens (including phenoxy) is 2. The molecule has 3 rings (SSSR count). The Labute approximate surface area is 185 Å². The van der Waals surface area contributed by atoms with E-state index in [0.717, 1.165) is 0 Å². The number of hydrogen-bond acceptors (Lipinski definition) is 6. The lowest BCUT2D eigenvalue weighted by molar-refractivity contribution is -0.143. The summed E-state index contributed by atoms with van der Waals surface area (Å²) >= 11 is 12.6. The topological polar surface area (TPSA) is 97.9 Å². The van der Waals surface area contributed by atoms with E-state index in [9.17, 15) is 13.2 Å². The molecule has 10 heteroatoms. The molecule has 0 amide bonds. The molecular weight excluding hydrogens is 451 g/mol. The van der Waals surface area contributed by atoms with E-state index in [1.54, 1.807) is 32.0 Å². The van der Waals surface area contributed by atoms with E-state index in [1.165, 1.54) is 12.1 Å². The molecule has 1 fully saturated rings. The van der Waals surface area contributed by atoms with Crippen LogP contribution in [0.3, 0.4) is 0 Å². The first-order chi connectivity index (χ1) is 14.2. The molecule has 7 nitrogen and oxygen atoms in total. The number of rotatable bonds is 9. The van der Waals surface area contributed by atoms with Gasteiger partial charge in [0.25, 0.3) is 0 Å². The Hall–Kier alpha value is -1.71. The van der Waals surface area contributed by atoms with Gasteiger partial charge in [0.05, 0.1) is 41.5 Å². The molecule has 0 saturated carbocycles. The number of nitrogens with zero attached hydrogens (tertiary/aromatic N) is 1. The number of aromatic nitrogens is 1. The van der Waals surface area contributed by atoms with Crippen molar-refractivity contribution >= 4 is 39.2 Å². The van der Waals surface area contributed by atoms with Crippen LogP contribution in [0.25, 0.3) is 11.3 Å². The van der Waals surface area contributed by atoms with Gasteiger partial charge in [-0.05, 0) is 38.1 Å². The number of epoxide rings is 1.